The van der Waals surface area contributed by atoms with E-state index in [1.807, 2.05) is 0 Å². The summed E-state index contributed by atoms with van der Waals surface area (Å²) in [4.78, 5) is 15.1. The van der Waals surface area contributed by atoms with E-state index in [2.05, 4.69) is 31.5 Å². The Bertz CT molecular complexity index is 608. The molecule has 0 aromatic rings. The number of amides is 1. The van der Waals surface area contributed by atoms with Crippen molar-refractivity contribution in [1.82, 2.24) is 31.5 Å². The van der Waals surface area contributed by atoms with Crippen LogP contribution >= 0.6 is 0 Å². The quantitative estimate of drug-likeness (QED) is 0.400. The number of morpholine rings is 1. The van der Waals surface area contributed by atoms with Crippen molar-refractivity contribution in [3.05, 3.63) is 0 Å². The van der Waals surface area contributed by atoms with Crippen LogP contribution in [0.2, 0.25) is 0 Å². The summed E-state index contributed by atoms with van der Waals surface area (Å²) < 4.78 is 5.52. The largest absolute Gasteiger partial charge is 0.379 e. The molecular formula is C25H46N6O2. The number of ether oxygens (including phenoxy) is 1. The summed E-state index contributed by atoms with van der Waals surface area (Å²) in [5.74, 6) is 0.953. The summed E-state index contributed by atoms with van der Waals surface area (Å²) in [7, 11) is 0. The Morgan fingerprint density at radius 2 is 1.58 bits per heavy atom. The van der Waals surface area contributed by atoms with E-state index in [-0.39, 0.29) is 18.2 Å². The molecule has 5 aliphatic rings. The van der Waals surface area contributed by atoms with Gasteiger partial charge in [0.2, 0.25) is 5.91 Å². The molecule has 3 atom stereocenters. The van der Waals surface area contributed by atoms with Crippen LogP contribution in [-0.2, 0) is 9.53 Å². The third kappa shape index (κ3) is 6.47. The van der Waals surface area contributed by atoms with Crippen molar-refractivity contribution < 1.29 is 9.53 Å². The van der Waals surface area contributed by atoms with Crippen molar-refractivity contribution in [3.8, 4) is 0 Å². The number of nitrogens with one attached hydrogen (secondary N) is 5. The van der Waals surface area contributed by atoms with Gasteiger partial charge >= 0.3 is 0 Å². The summed E-state index contributed by atoms with van der Waals surface area (Å²) in [6.07, 6.45) is 13.4. The van der Waals surface area contributed by atoms with Crippen LogP contribution in [0.1, 0.15) is 70.6 Å². The lowest BCUT2D eigenvalue weighted by molar-refractivity contribution is -0.123. The van der Waals surface area contributed by atoms with Crippen molar-refractivity contribution in [2.75, 3.05) is 39.4 Å². The smallest absolute Gasteiger partial charge is 0.237 e. The Morgan fingerprint density at radius 3 is 2.30 bits per heavy atom. The second-order valence-corrected chi connectivity index (χ2v) is 11.0. The second kappa shape index (κ2) is 11.8. The highest BCUT2D eigenvalue weighted by atomic mass is 16.5. The van der Waals surface area contributed by atoms with E-state index in [0.29, 0.717) is 18.1 Å². The topological polar surface area (TPSA) is 89.7 Å². The number of carbonyl (C=O) groups excluding carboxylic acids is 1. The monoisotopic (exact) mass is 462 g/mol. The highest BCUT2D eigenvalue weighted by Gasteiger charge is 2.34. The maximum Gasteiger partial charge on any atom is 0.237 e. The van der Waals surface area contributed by atoms with Crippen LogP contribution in [0.15, 0.2) is 0 Å². The van der Waals surface area contributed by atoms with Crippen molar-refractivity contribution in [1.29, 1.82) is 0 Å². The van der Waals surface area contributed by atoms with E-state index in [1.54, 1.807) is 0 Å². The number of hydrogen-bond acceptors (Lipinski definition) is 7. The van der Waals surface area contributed by atoms with Crippen LogP contribution in [0.4, 0.5) is 0 Å². The minimum Gasteiger partial charge on any atom is -0.379 e. The minimum absolute atomic E-state index is 0.0459. The first-order chi connectivity index (χ1) is 16.2. The molecule has 3 heterocycles. The zero-order chi connectivity index (χ0) is 22.5. The lowest BCUT2D eigenvalue weighted by atomic mass is 9.80. The Morgan fingerprint density at radius 1 is 0.818 bits per heavy atom. The van der Waals surface area contributed by atoms with Gasteiger partial charge in [-0.3, -0.25) is 25.6 Å². The standard InChI is InChI=1S/C25H46N6O2/c32-24(23-2-1-12-26-23)28-19-5-3-18(4-6-19)22-11-13-27-25(30-22)29-20-7-9-21(10-8-20)31-14-16-33-17-15-31/h18-23,25-27,29-30H,1-17H2,(H,28,32)/t18?,19?,20?,21?,22?,23-,25?/m1/s1. The third-order valence-electron chi connectivity index (χ3n) is 8.91. The van der Waals surface area contributed by atoms with Gasteiger partial charge in [-0.1, -0.05) is 0 Å². The molecule has 1 amide bonds. The molecule has 5 N–H and O–H groups in total. The maximum absolute atomic E-state index is 12.4. The number of rotatable bonds is 6. The molecule has 0 aromatic heterocycles. The number of hydrogen-bond donors (Lipinski definition) is 5. The van der Waals surface area contributed by atoms with Gasteiger partial charge in [-0.15, -0.1) is 0 Å². The van der Waals surface area contributed by atoms with Crippen LogP contribution in [0.5, 0.6) is 0 Å². The van der Waals surface area contributed by atoms with Crippen molar-refractivity contribution in [3.63, 3.8) is 0 Å². The fourth-order valence-electron chi connectivity index (χ4n) is 6.88. The Balaban J connectivity index is 1.01. The zero-order valence-corrected chi connectivity index (χ0v) is 20.3. The predicted octanol–water partition coefficient (Wildman–Crippen LogP) is 0.882. The summed E-state index contributed by atoms with van der Waals surface area (Å²) >= 11 is 0. The second-order valence-electron chi connectivity index (χ2n) is 11.0. The summed E-state index contributed by atoms with van der Waals surface area (Å²) in [6.45, 7) is 6.10. The first-order valence-electron chi connectivity index (χ1n) is 13.9. The lowest BCUT2D eigenvalue weighted by Gasteiger charge is -2.43. The normalized spacial score (nSPS) is 41.0. The highest BCUT2D eigenvalue weighted by Crippen LogP contribution is 2.30. The fraction of sp³-hybridized carbons (Fsp3) is 0.960. The molecule has 0 aromatic carbocycles. The molecule has 0 bridgehead atoms. The molecule has 33 heavy (non-hydrogen) atoms. The highest BCUT2D eigenvalue weighted by molar-refractivity contribution is 5.82. The van der Waals surface area contributed by atoms with Gasteiger partial charge in [-0.05, 0) is 89.6 Å². The first-order valence-corrected chi connectivity index (χ1v) is 13.9. The molecule has 2 aliphatic carbocycles. The van der Waals surface area contributed by atoms with Crippen molar-refractivity contribution >= 4 is 5.91 Å². The molecule has 188 valence electrons. The molecule has 2 unspecified atom stereocenters. The molecule has 3 saturated heterocycles. The molecule has 5 fully saturated rings. The van der Waals surface area contributed by atoms with Gasteiger partial charge in [-0.25, -0.2) is 0 Å². The molecule has 3 aliphatic heterocycles. The molecule has 2 saturated carbocycles. The fourth-order valence-corrected chi connectivity index (χ4v) is 6.88. The summed E-state index contributed by atoms with van der Waals surface area (Å²) in [6, 6.07) is 2.37. The van der Waals surface area contributed by atoms with Crippen LogP contribution in [-0.4, -0.2) is 86.7 Å². The average molecular weight is 463 g/mol. The van der Waals surface area contributed by atoms with E-state index >= 15 is 0 Å². The average Bonchev–Trinajstić information content (AvgIpc) is 3.41. The van der Waals surface area contributed by atoms with Gasteiger partial charge in [0.1, 0.15) is 6.29 Å². The number of carbonyl (C=O) groups is 1. The Labute approximate surface area is 199 Å². The van der Waals surface area contributed by atoms with Gasteiger partial charge in [0, 0.05) is 37.3 Å². The first kappa shape index (κ1) is 23.9. The van der Waals surface area contributed by atoms with Crippen LogP contribution in [0.25, 0.3) is 0 Å². The molecule has 8 nitrogen and oxygen atoms in total. The van der Waals surface area contributed by atoms with E-state index in [4.69, 9.17) is 4.74 Å². The van der Waals surface area contributed by atoms with Crippen molar-refractivity contribution in [2.24, 2.45) is 5.92 Å². The van der Waals surface area contributed by atoms with Gasteiger partial charge in [0.15, 0.2) is 0 Å². The van der Waals surface area contributed by atoms with E-state index in [0.717, 1.165) is 77.0 Å². The third-order valence-corrected chi connectivity index (χ3v) is 8.91. The molecule has 0 spiro atoms. The molecular weight excluding hydrogens is 416 g/mol. The van der Waals surface area contributed by atoms with E-state index < -0.39 is 0 Å². The Kier molecular flexibility index (Phi) is 8.55. The molecule has 5 rings (SSSR count). The Hall–Kier alpha value is -0.770. The van der Waals surface area contributed by atoms with Crippen LogP contribution in [0.3, 0.4) is 0 Å². The van der Waals surface area contributed by atoms with E-state index in [1.165, 1.54) is 44.9 Å². The zero-order valence-electron chi connectivity index (χ0n) is 20.3. The van der Waals surface area contributed by atoms with Crippen LogP contribution < -0.4 is 26.6 Å². The van der Waals surface area contributed by atoms with Gasteiger partial charge in [0.25, 0.3) is 0 Å². The van der Waals surface area contributed by atoms with Gasteiger partial charge in [0.05, 0.1) is 19.3 Å². The van der Waals surface area contributed by atoms with Gasteiger partial charge in [-0.2, -0.15) is 0 Å². The lowest BCUT2D eigenvalue weighted by Crippen LogP contribution is -2.64. The predicted molar refractivity (Wildman–Crippen MR) is 130 cm³/mol. The minimum atomic E-state index is 0.0459. The summed E-state index contributed by atoms with van der Waals surface area (Å²) in [5, 5.41) is 18.1. The van der Waals surface area contributed by atoms with Crippen molar-refractivity contribution in [2.45, 2.75) is 107 Å². The molecule has 0 radical (unpaired) electrons. The maximum atomic E-state index is 12.4. The summed E-state index contributed by atoms with van der Waals surface area (Å²) in [5.41, 5.74) is 0. The van der Waals surface area contributed by atoms with E-state index in [9.17, 15) is 4.79 Å². The van der Waals surface area contributed by atoms with Gasteiger partial charge < -0.3 is 15.4 Å². The number of nitrogens with zero attached hydrogens (tertiary/aromatic N) is 1. The SMILES string of the molecule is O=C(NC1CCC(C2CCNC(NC3CCC(N4CCOCC4)CC3)N2)CC1)[C@H]1CCCN1. The van der Waals surface area contributed by atoms with Crippen LogP contribution in [0, 0.1) is 5.92 Å². The molecule has 8 heteroatoms.